The van der Waals surface area contributed by atoms with Gasteiger partial charge in [0.1, 0.15) is 12.1 Å². The molecule has 2 fully saturated rings. The van der Waals surface area contributed by atoms with Crippen molar-refractivity contribution >= 4 is 39.3 Å². The van der Waals surface area contributed by atoms with Gasteiger partial charge < -0.3 is 26.2 Å². The van der Waals surface area contributed by atoms with Crippen LogP contribution in [0.5, 0.6) is 0 Å². The number of rotatable bonds is 11. The van der Waals surface area contributed by atoms with Gasteiger partial charge in [0, 0.05) is 50.8 Å². The summed E-state index contributed by atoms with van der Waals surface area (Å²) in [6, 6.07) is 11.7. The smallest absolute Gasteiger partial charge is 0.243 e. The van der Waals surface area contributed by atoms with E-state index in [9.17, 15) is 22.8 Å². The van der Waals surface area contributed by atoms with Crippen molar-refractivity contribution in [1.29, 1.82) is 0 Å². The molecule has 2 aromatic carbocycles. The van der Waals surface area contributed by atoms with Crippen molar-refractivity contribution in [3.8, 4) is 0 Å². The van der Waals surface area contributed by atoms with Crippen LogP contribution in [-0.4, -0.2) is 80.7 Å². The van der Waals surface area contributed by atoms with Gasteiger partial charge >= 0.3 is 0 Å². The predicted molar refractivity (Wildman–Crippen MR) is 167 cm³/mol. The summed E-state index contributed by atoms with van der Waals surface area (Å²) in [4.78, 5) is 43.2. The number of amides is 3. The lowest BCUT2D eigenvalue weighted by Crippen LogP contribution is -2.55. The third-order valence-corrected chi connectivity index (χ3v) is 8.94. The molecule has 2 heterocycles. The maximum atomic E-state index is 13.8. The van der Waals surface area contributed by atoms with E-state index in [1.165, 1.54) is 4.90 Å². The molecule has 3 amide bonds. The molecular weight excluding hydrogens is 592 g/mol. The molecule has 11 nitrogen and oxygen atoms in total. The van der Waals surface area contributed by atoms with Gasteiger partial charge in [0.05, 0.1) is 12.2 Å². The Labute approximate surface area is 259 Å². The Hall–Kier alpha value is -3.03. The highest BCUT2D eigenvalue weighted by atomic mass is 35.5. The Bertz CT molecular complexity index is 1340. The summed E-state index contributed by atoms with van der Waals surface area (Å²) in [6.45, 7) is 6.93. The molecule has 0 radical (unpaired) electrons. The fourth-order valence-electron chi connectivity index (χ4n) is 5.21. The average molecular weight is 635 g/mol. The first-order valence-corrected chi connectivity index (χ1v) is 16.8. The number of nitrogens with zero attached hydrogens (tertiary/aromatic N) is 2. The molecule has 2 atom stereocenters. The van der Waals surface area contributed by atoms with Crippen molar-refractivity contribution < 1.29 is 22.8 Å². The van der Waals surface area contributed by atoms with Gasteiger partial charge in [0.25, 0.3) is 0 Å². The number of halogens is 1. The van der Waals surface area contributed by atoms with E-state index in [1.807, 2.05) is 13.8 Å². The number of carbonyl (C=O) groups excluding carboxylic acids is 3. The first-order chi connectivity index (χ1) is 20.7. The van der Waals surface area contributed by atoms with Gasteiger partial charge in [-0.2, -0.15) is 0 Å². The van der Waals surface area contributed by atoms with Crippen LogP contribution < -0.4 is 21.1 Å². The second kappa shape index (κ2) is 16.7. The number of piperazine rings is 1. The first-order valence-electron chi connectivity index (χ1n) is 14.7. The number of carbonyl (C=O) groups is 3. The van der Waals surface area contributed by atoms with Gasteiger partial charge in [0.2, 0.25) is 27.7 Å². The molecule has 1 unspecified atom stereocenters. The summed E-state index contributed by atoms with van der Waals surface area (Å²) in [5.41, 5.74) is 7.99. The Kier molecular flexibility index (Phi) is 13.4. The molecule has 2 saturated heterocycles. The zero-order valence-electron chi connectivity index (χ0n) is 24.9. The molecule has 2 aliphatic heterocycles. The lowest BCUT2D eigenvalue weighted by molar-refractivity contribution is -0.142. The summed E-state index contributed by atoms with van der Waals surface area (Å²) in [5.74, 6) is -1.61. The molecule has 13 heteroatoms. The normalized spacial score (nSPS) is 17.5. The Morgan fingerprint density at radius 3 is 2.42 bits per heavy atom. The Morgan fingerprint density at radius 1 is 1.05 bits per heavy atom. The lowest BCUT2D eigenvalue weighted by atomic mass is 10.1. The monoisotopic (exact) mass is 634 g/mol. The topological polar surface area (TPSA) is 154 Å². The van der Waals surface area contributed by atoms with E-state index in [4.69, 9.17) is 17.3 Å². The third kappa shape index (κ3) is 10.0. The summed E-state index contributed by atoms with van der Waals surface area (Å²) >= 11 is 6.12. The number of benzene rings is 2. The van der Waals surface area contributed by atoms with E-state index in [0.717, 1.165) is 11.1 Å². The average Bonchev–Trinajstić information content (AvgIpc) is 3.51. The third-order valence-electron chi connectivity index (χ3n) is 7.35. The van der Waals surface area contributed by atoms with Crippen LogP contribution in [0.3, 0.4) is 0 Å². The van der Waals surface area contributed by atoms with Crippen LogP contribution in [0.25, 0.3) is 0 Å². The number of hydrogen-bond acceptors (Lipinski definition) is 7. The SMILES string of the molecule is CC.NCc1ccc(Cl)cc1CNC(=O)[C@@H]1CCCN1C(=O)C(CC(=O)N1CCNCC1)NS(=O)(=O)Cc1ccccc1. The zero-order chi connectivity index (χ0) is 31.4. The van der Waals surface area contributed by atoms with Gasteiger partial charge in [-0.25, -0.2) is 13.1 Å². The predicted octanol–water partition coefficient (Wildman–Crippen LogP) is 1.74. The summed E-state index contributed by atoms with van der Waals surface area (Å²) in [7, 11) is -3.99. The van der Waals surface area contributed by atoms with Crippen LogP contribution in [-0.2, 0) is 43.2 Å². The maximum absolute atomic E-state index is 13.8. The minimum atomic E-state index is -3.99. The Balaban J connectivity index is 0.00000248. The molecule has 43 heavy (non-hydrogen) atoms. The molecule has 5 N–H and O–H groups in total. The fraction of sp³-hybridized carbons (Fsp3) is 0.500. The maximum Gasteiger partial charge on any atom is 0.243 e. The molecule has 0 bridgehead atoms. The van der Waals surface area contributed by atoms with Gasteiger partial charge in [-0.05, 0) is 41.7 Å². The quantitative estimate of drug-likeness (QED) is 0.294. The molecule has 0 aliphatic carbocycles. The highest BCUT2D eigenvalue weighted by Crippen LogP contribution is 2.21. The number of hydrogen-bond donors (Lipinski definition) is 4. The molecule has 0 spiro atoms. The molecule has 0 saturated carbocycles. The minimum Gasteiger partial charge on any atom is -0.350 e. The van der Waals surface area contributed by atoms with E-state index in [1.54, 1.807) is 53.4 Å². The van der Waals surface area contributed by atoms with Crippen molar-refractivity contribution in [1.82, 2.24) is 25.2 Å². The summed E-state index contributed by atoms with van der Waals surface area (Å²) in [6.07, 6.45) is 0.663. The molecular formula is C30H43ClN6O5S. The van der Waals surface area contributed by atoms with Crippen molar-refractivity contribution in [3.05, 3.63) is 70.2 Å². The summed E-state index contributed by atoms with van der Waals surface area (Å²) in [5, 5.41) is 6.56. The molecule has 2 aliphatic rings. The highest BCUT2D eigenvalue weighted by molar-refractivity contribution is 7.88. The molecule has 4 rings (SSSR count). The van der Waals surface area contributed by atoms with Gasteiger partial charge in [-0.3, -0.25) is 14.4 Å². The van der Waals surface area contributed by atoms with E-state index < -0.39 is 28.0 Å². The van der Waals surface area contributed by atoms with Gasteiger partial charge in [-0.15, -0.1) is 0 Å². The van der Waals surface area contributed by atoms with Crippen LogP contribution >= 0.6 is 11.6 Å². The molecule has 2 aromatic rings. The number of sulfonamides is 1. The van der Waals surface area contributed by atoms with Crippen LogP contribution in [0.15, 0.2) is 48.5 Å². The van der Waals surface area contributed by atoms with Gasteiger partial charge in [-0.1, -0.05) is 61.8 Å². The Morgan fingerprint density at radius 2 is 1.74 bits per heavy atom. The lowest BCUT2D eigenvalue weighted by Gasteiger charge is -2.31. The van der Waals surface area contributed by atoms with Crippen molar-refractivity contribution in [2.24, 2.45) is 5.73 Å². The zero-order valence-corrected chi connectivity index (χ0v) is 26.4. The molecule has 0 aromatic heterocycles. The van der Waals surface area contributed by atoms with E-state index in [0.29, 0.717) is 49.6 Å². The number of nitrogens with two attached hydrogens (primary N) is 1. The van der Waals surface area contributed by atoms with Crippen molar-refractivity contribution in [3.63, 3.8) is 0 Å². The van der Waals surface area contributed by atoms with E-state index in [-0.39, 0.29) is 43.6 Å². The standard InChI is InChI=1S/C28H37ClN6O5S.C2H6/c29-23-9-8-21(17-30)22(15-23)18-32-27(37)25-7-4-12-35(25)28(38)24(16-26(36)34-13-10-31-11-14-34)33-41(39,40)19-20-5-2-1-3-6-20;1-2/h1-3,5-6,8-9,15,24-25,31,33H,4,7,10-14,16-19,30H2,(H,32,37);1-2H3/t24?,25-;/m0./s1. The second-order valence-electron chi connectivity index (χ2n) is 10.3. The number of nitrogens with one attached hydrogen (secondary N) is 3. The van der Waals surface area contributed by atoms with E-state index >= 15 is 0 Å². The largest absolute Gasteiger partial charge is 0.350 e. The van der Waals surface area contributed by atoms with Crippen LogP contribution in [0, 0.1) is 0 Å². The van der Waals surface area contributed by atoms with Crippen molar-refractivity contribution in [2.45, 2.75) is 64.0 Å². The van der Waals surface area contributed by atoms with Crippen LogP contribution in [0.1, 0.15) is 49.8 Å². The second-order valence-corrected chi connectivity index (χ2v) is 12.5. The minimum absolute atomic E-state index is 0.180. The van der Waals surface area contributed by atoms with Crippen molar-refractivity contribution in [2.75, 3.05) is 32.7 Å². The van der Waals surface area contributed by atoms with Crippen LogP contribution in [0.2, 0.25) is 5.02 Å². The number of likely N-dealkylation sites (tertiary alicyclic amines) is 1. The fourth-order valence-corrected chi connectivity index (χ4v) is 6.74. The van der Waals surface area contributed by atoms with E-state index in [2.05, 4.69) is 15.4 Å². The first kappa shape index (κ1) is 34.5. The van der Waals surface area contributed by atoms with Crippen LogP contribution in [0.4, 0.5) is 0 Å². The summed E-state index contributed by atoms with van der Waals surface area (Å²) < 4.78 is 28.8. The highest BCUT2D eigenvalue weighted by Gasteiger charge is 2.39. The molecule has 236 valence electrons. The van der Waals surface area contributed by atoms with Gasteiger partial charge in [0.15, 0.2) is 0 Å².